The maximum atomic E-state index is 10.6. The Morgan fingerprint density at radius 3 is 2.46 bits per heavy atom. The van der Waals surface area contributed by atoms with Crippen molar-refractivity contribution < 1.29 is 19.7 Å². The molecule has 0 aliphatic heterocycles. The van der Waals surface area contributed by atoms with Crippen LogP contribution in [0.2, 0.25) is 0 Å². The van der Waals surface area contributed by atoms with Crippen molar-refractivity contribution in [2.24, 2.45) is 5.41 Å². The van der Waals surface area contributed by atoms with Crippen molar-refractivity contribution in [3.05, 3.63) is 0 Å². The van der Waals surface area contributed by atoms with Gasteiger partial charge in [-0.05, 0) is 26.7 Å². The quantitative estimate of drug-likeness (QED) is 0.585. The van der Waals surface area contributed by atoms with Crippen LogP contribution in [0, 0.1) is 5.41 Å². The zero-order valence-electron chi connectivity index (χ0n) is 8.25. The largest absolute Gasteiger partial charge is 0.481 e. The van der Waals surface area contributed by atoms with E-state index in [2.05, 4.69) is 0 Å². The van der Waals surface area contributed by atoms with E-state index in [1.165, 1.54) is 0 Å². The Balaban J connectivity index is 3.46. The number of aliphatic carboxylic acids is 1. The molecular formula is C9H18O4. The topological polar surface area (TPSA) is 66.8 Å². The molecule has 0 aromatic heterocycles. The van der Waals surface area contributed by atoms with Gasteiger partial charge in [0.1, 0.15) is 0 Å². The molecule has 0 radical (unpaired) electrons. The van der Waals surface area contributed by atoms with Crippen LogP contribution in [0.25, 0.3) is 0 Å². The van der Waals surface area contributed by atoms with Crippen LogP contribution < -0.4 is 0 Å². The van der Waals surface area contributed by atoms with Gasteiger partial charge < -0.3 is 14.9 Å². The van der Waals surface area contributed by atoms with Gasteiger partial charge in [-0.2, -0.15) is 0 Å². The van der Waals surface area contributed by atoms with Gasteiger partial charge in [0.25, 0.3) is 0 Å². The van der Waals surface area contributed by atoms with Gasteiger partial charge in [-0.15, -0.1) is 0 Å². The van der Waals surface area contributed by atoms with Gasteiger partial charge in [0.15, 0.2) is 0 Å². The standard InChI is InChI=1S/C9H18O4/c1-9(2,8(11)12)4-7-13-6-3-5-10/h10H,3-7H2,1-2H3,(H,11,12). The third kappa shape index (κ3) is 5.60. The minimum absolute atomic E-state index is 0.113. The van der Waals surface area contributed by atoms with E-state index in [0.717, 1.165) is 0 Å². The van der Waals surface area contributed by atoms with Gasteiger partial charge in [-0.3, -0.25) is 4.79 Å². The maximum Gasteiger partial charge on any atom is 0.309 e. The first-order chi connectivity index (χ1) is 6.00. The lowest BCUT2D eigenvalue weighted by atomic mass is 9.90. The molecule has 0 aliphatic carbocycles. The minimum atomic E-state index is -0.807. The molecule has 0 amide bonds. The van der Waals surface area contributed by atoms with E-state index < -0.39 is 11.4 Å². The molecule has 4 nitrogen and oxygen atoms in total. The first kappa shape index (κ1) is 12.4. The maximum absolute atomic E-state index is 10.6. The molecule has 4 heteroatoms. The Morgan fingerprint density at radius 1 is 1.38 bits per heavy atom. The van der Waals surface area contributed by atoms with E-state index in [4.69, 9.17) is 14.9 Å². The highest BCUT2D eigenvalue weighted by Crippen LogP contribution is 2.19. The van der Waals surface area contributed by atoms with Crippen LogP contribution in [0.4, 0.5) is 0 Å². The van der Waals surface area contributed by atoms with Crippen LogP contribution in [0.1, 0.15) is 26.7 Å². The lowest BCUT2D eigenvalue weighted by molar-refractivity contribution is -0.148. The highest BCUT2D eigenvalue weighted by atomic mass is 16.5. The number of carbonyl (C=O) groups is 1. The molecule has 0 spiro atoms. The number of rotatable bonds is 7. The molecule has 0 aromatic carbocycles. The number of ether oxygens (including phenoxy) is 1. The first-order valence-corrected chi connectivity index (χ1v) is 4.42. The normalized spacial score (nSPS) is 11.6. The molecule has 0 bridgehead atoms. The molecular weight excluding hydrogens is 172 g/mol. The van der Waals surface area contributed by atoms with Crippen molar-refractivity contribution in [2.75, 3.05) is 19.8 Å². The molecule has 0 unspecified atom stereocenters. The predicted octanol–water partition coefficient (Wildman–Crippen LogP) is 0.886. The summed E-state index contributed by atoms with van der Waals surface area (Å²) in [6, 6.07) is 0. The van der Waals surface area contributed by atoms with Gasteiger partial charge in [0.05, 0.1) is 5.41 Å². The Labute approximate surface area is 78.5 Å². The lowest BCUT2D eigenvalue weighted by Crippen LogP contribution is -2.25. The fourth-order valence-corrected chi connectivity index (χ4v) is 0.703. The molecule has 0 aromatic rings. The summed E-state index contributed by atoms with van der Waals surface area (Å²) in [5.74, 6) is -0.807. The second-order valence-electron chi connectivity index (χ2n) is 3.63. The second-order valence-corrected chi connectivity index (χ2v) is 3.63. The van der Waals surface area contributed by atoms with Crippen molar-refractivity contribution in [3.8, 4) is 0 Å². The van der Waals surface area contributed by atoms with Crippen molar-refractivity contribution in [3.63, 3.8) is 0 Å². The molecule has 0 rings (SSSR count). The molecule has 78 valence electrons. The zero-order valence-corrected chi connectivity index (χ0v) is 8.25. The van der Waals surface area contributed by atoms with Gasteiger partial charge >= 0.3 is 5.97 Å². The fraction of sp³-hybridized carbons (Fsp3) is 0.889. The Morgan fingerprint density at radius 2 is 2.00 bits per heavy atom. The summed E-state index contributed by atoms with van der Waals surface area (Å²) in [6.45, 7) is 4.38. The van der Waals surface area contributed by atoms with Crippen LogP contribution in [0.3, 0.4) is 0 Å². The van der Waals surface area contributed by atoms with E-state index in [1.807, 2.05) is 0 Å². The Bertz CT molecular complexity index is 154. The zero-order chi connectivity index (χ0) is 10.3. The molecule has 0 aliphatic rings. The molecule has 0 saturated heterocycles. The summed E-state index contributed by atoms with van der Waals surface area (Å²) in [7, 11) is 0. The molecule has 0 saturated carbocycles. The molecule has 0 atom stereocenters. The molecule has 13 heavy (non-hydrogen) atoms. The third-order valence-electron chi connectivity index (χ3n) is 1.90. The van der Waals surface area contributed by atoms with Gasteiger partial charge in [-0.1, -0.05) is 0 Å². The Hall–Kier alpha value is -0.610. The summed E-state index contributed by atoms with van der Waals surface area (Å²) in [4.78, 5) is 10.6. The van der Waals surface area contributed by atoms with Crippen molar-refractivity contribution in [1.29, 1.82) is 0 Å². The predicted molar refractivity (Wildman–Crippen MR) is 48.6 cm³/mol. The number of aliphatic hydroxyl groups is 1. The summed E-state index contributed by atoms with van der Waals surface area (Å²) >= 11 is 0. The molecule has 2 N–H and O–H groups in total. The second kappa shape index (κ2) is 5.94. The van der Waals surface area contributed by atoms with Gasteiger partial charge in [0, 0.05) is 19.8 Å². The average molecular weight is 190 g/mol. The fourth-order valence-electron chi connectivity index (χ4n) is 0.703. The monoisotopic (exact) mass is 190 g/mol. The smallest absolute Gasteiger partial charge is 0.309 e. The van der Waals surface area contributed by atoms with E-state index in [-0.39, 0.29) is 6.61 Å². The lowest BCUT2D eigenvalue weighted by Gasteiger charge is -2.18. The van der Waals surface area contributed by atoms with Crippen molar-refractivity contribution >= 4 is 5.97 Å². The number of hydrogen-bond donors (Lipinski definition) is 2. The van der Waals surface area contributed by atoms with Crippen molar-refractivity contribution in [2.45, 2.75) is 26.7 Å². The highest BCUT2D eigenvalue weighted by molar-refractivity contribution is 5.73. The van der Waals surface area contributed by atoms with E-state index in [0.29, 0.717) is 26.1 Å². The number of aliphatic hydroxyl groups excluding tert-OH is 1. The molecule has 0 fully saturated rings. The molecule has 0 heterocycles. The minimum Gasteiger partial charge on any atom is -0.481 e. The number of carboxylic acid groups (broad SMARTS) is 1. The van der Waals surface area contributed by atoms with Crippen LogP contribution in [-0.2, 0) is 9.53 Å². The number of carboxylic acids is 1. The summed E-state index contributed by atoms with van der Waals surface area (Å²) in [6.07, 6.45) is 1.10. The van der Waals surface area contributed by atoms with Crippen LogP contribution >= 0.6 is 0 Å². The van der Waals surface area contributed by atoms with E-state index in [9.17, 15) is 4.79 Å². The van der Waals surface area contributed by atoms with Gasteiger partial charge in [0.2, 0.25) is 0 Å². The van der Waals surface area contributed by atoms with Crippen molar-refractivity contribution in [1.82, 2.24) is 0 Å². The van der Waals surface area contributed by atoms with Crippen LogP contribution in [-0.4, -0.2) is 36.0 Å². The first-order valence-electron chi connectivity index (χ1n) is 4.42. The van der Waals surface area contributed by atoms with Crippen LogP contribution in [0.5, 0.6) is 0 Å². The van der Waals surface area contributed by atoms with Crippen LogP contribution in [0.15, 0.2) is 0 Å². The Kier molecular flexibility index (Phi) is 5.66. The number of hydrogen-bond acceptors (Lipinski definition) is 3. The third-order valence-corrected chi connectivity index (χ3v) is 1.90. The van der Waals surface area contributed by atoms with E-state index in [1.54, 1.807) is 13.8 Å². The van der Waals surface area contributed by atoms with Gasteiger partial charge in [-0.25, -0.2) is 0 Å². The summed E-state index contributed by atoms with van der Waals surface area (Å²) in [5, 5.41) is 17.2. The summed E-state index contributed by atoms with van der Waals surface area (Å²) in [5.41, 5.74) is -0.723. The highest BCUT2D eigenvalue weighted by Gasteiger charge is 2.26. The summed E-state index contributed by atoms with van der Waals surface area (Å²) < 4.78 is 5.14. The SMILES string of the molecule is CC(C)(CCOCCCO)C(=O)O. The average Bonchev–Trinajstić information content (AvgIpc) is 2.03. The van der Waals surface area contributed by atoms with E-state index >= 15 is 0 Å².